The van der Waals surface area contributed by atoms with Crippen molar-refractivity contribution in [3.05, 3.63) is 73.8 Å². The minimum atomic E-state index is 0.0885. The van der Waals surface area contributed by atoms with E-state index >= 15 is 0 Å². The van der Waals surface area contributed by atoms with E-state index in [0.29, 0.717) is 36.7 Å². The van der Waals surface area contributed by atoms with Gasteiger partial charge in [-0.25, -0.2) is 0 Å². The predicted octanol–water partition coefficient (Wildman–Crippen LogP) is 5.36. The number of aromatic nitrogens is 3. The number of ether oxygens (including phenoxy) is 1. The number of H-pyrrole nitrogens is 1. The number of thiophene rings is 2. The first kappa shape index (κ1) is 21.5. The van der Waals surface area contributed by atoms with Crippen LogP contribution in [0.5, 0.6) is 5.75 Å². The summed E-state index contributed by atoms with van der Waals surface area (Å²) in [5.41, 5.74) is 0.912. The van der Waals surface area contributed by atoms with Crippen molar-refractivity contribution >= 4 is 40.8 Å². The molecule has 0 atom stereocenters. The first-order chi connectivity index (χ1) is 15.1. The van der Waals surface area contributed by atoms with Gasteiger partial charge in [-0.3, -0.25) is 14.5 Å². The Kier molecular flexibility index (Phi) is 6.96. The van der Waals surface area contributed by atoms with Crippen LogP contribution < -0.4 is 4.74 Å². The summed E-state index contributed by atoms with van der Waals surface area (Å²) in [5, 5.41) is 11.3. The molecule has 6 nitrogen and oxygen atoms in total. The molecule has 0 aliphatic heterocycles. The number of carbonyl (C=O) groups excluding carboxylic acids is 1. The summed E-state index contributed by atoms with van der Waals surface area (Å²) in [7, 11) is 1.63. The number of aromatic amines is 1. The number of hydrogen-bond acceptors (Lipinski definition) is 6. The lowest BCUT2D eigenvalue weighted by Crippen LogP contribution is -2.30. The van der Waals surface area contributed by atoms with Gasteiger partial charge in [0.15, 0.2) is 10.6 Å². The maximum atomic E-state index is 13.2. The van der Waals surface area contributed by atoms with Gasteiger partial charge in [0.25, 0.3) is 0 Å². The van der Waals surface area contributed by atoms with E-state index in [4.69, 9.17) is 17.0 Å². The van der Waals surface area contributed by atoms with Crippen molar-refractivity contribution in [3.8, 4) is 17.1 Å². The molecule has 1 amide bonds. The van der Waals surface area contributed by atoms with Crippen LogP contribution in [0.15, 0.2) is 59.3 Å². The third kappa shape index (κ3) is 5.30. The van der Waals surface area contributed by atoms with E-state index in [9.17, 15) is 4.79 Å². The van der Waals surface area contributed by atoms with Crippen LogP contribution in [0, 0.1) is 4.77 Å². The van der Waals surface area contributed by atoms with E-state index in [2.05, 4.69) is 22.3 Å². The summed E-state index contributed by atoms with van der Waals surface area (Å²) >= 11 is 8.75. The summed E-state index contributed by atoms with van der Waals surface area (Å²) in [4.78, 5) is 17.4. The first-order valence-corrected chi connectivity index (χ1v) is 11.9. The largest absolute Gasteiger partial charge is 0.497 e. The normalized spacial score (nSPS) is 10.9. The maximum absolute atomic E-state index is 13.2. The van der Waals surface area contributed by atoms with Crippen molar-refractivity contribution in [2.75, 3.05) is 7.11 Å². The van der Waals surface area contributed by atoms with E-state index in [0.717, 1.165) is 11.3 Å². The smallest absolute Gasteiger partial charge is 0.225 e. The molecular formula is C22H22N4O2S3. The van der Waals surface area contributed by atoms with Gasteiger partial charge in [-0.15, -0.1) is 22.7 Å². The number of methoxy groups -OCH3 is 1. The van der Waals surface area contributed by atoms with Crippen LogP contribution in [0.1, 0.15) is 16.2 Å². The molecule has 0 bridgehead atoms. The highest BCUT2D eigenvalue weighted by Gasteiger charge is 2.17. The second-order valence-corrected chi connectivity index (χ2v) is 9.34. The zero-order valence-electron chi connectivity index (χ0n) is 17.0. The van der Waals surface area contributed by atoms with Gasteiger partial charge in [-0.05, 0) is 59.4 Å². The Bertz CT molecular complexity index is 1130. The molecule has 0 aliphatic carbocycles. The van der Waals surface area contributed by atoms with Crippen LogP contribution >= 0.6 is 34.9 Å². The van der Waals surface area contributed by atoms with Crippen molar-refractivity contribution in [2.24, 2.45) is 0 Å². The molecule has 3 heterocycles. The third-order valence-corrected chi connectivity index (χ3v) is 6.90. The minimum Gasteiger partial charge on any atom is -0.497 e. The molecular weight excluding hydrogens is 448 g/mol. The molecule has 9 heteroatoms. The highest BCUT2D eigenvalue weighted by Crippen LogP contribution is 2.22. The van der Waals surface area contributed by atoms with Crippen molar-refractivity contribution in [1.82, 2.24) is 19.7 Å². The fraction of sp³-hybridized carbons (Fsp3) is 0.227. The molecule has 0 fully saturated rings. The summed E-state index contributed by atoms with van der Waals surface area (Å²) in [6, 6.07) is 15.8. The van der Waals surface area contributed by atoms with Crippen LogP contribution in [0.2, 0.25) is 0 Å². The summed E-state index contributed by atoms with van der Waals surface area (Å²) < 4.78 is 7.61. The Labute approximate surface area is 193 Å². The monoisotopic (exact) mass is 470 g/mol. The number of hydrogen-bond donors (Lipinski definition) is 1. The molecule has 0 saturated heterocycles. The average Bonchev–Trinajstić information content (AvgIpc) is 3.55. The van der Waals surface area contributed by atoms with Gasteiger partial charge < -0.3 is 9.64 Å². The van der Waals surface area contributed by atoms with Crippen molar-refractivity contribution in [1.29, 1.82) is 0 Å². The molecule has 0 aliphatic rings. The molecule has 3 aromatic heterocycles. The van der Waals surface area contributed by atoms with E-state index in [1.165, 1.54) is 9.75 Å². The van der Waals surface area contributed by atoms with Crippen LogP contribution in [0.25, 0.3) is 11.4 Å². The lowest BCUT2D eigenvalue weighted by molar-refractivity contribution is -0.132. The van der Waals surface area contributed by atoms with Gasteiger partial charge >= 0.3 is 0 Å². The topological polar surface area (TPSA) is 63.1 Å². The standard InChI is InChI=1S/C22H22N4O2S3/c1-28-17-8-6-16(7-9-17)21-23-24-22(29)26(21)11-10-20(27)25(14-18-4-2-12-30-18)15-19-5-3-13-31-19/h2-9,12-13H,10-11,14-15H2,1H3,(H,24,29). The minimum absolute atomic E-state index is 0.0885. The summed E-state index contributed by atoms with van der Waals surface area (Å²) in [5.74, 6) is 1.58. The van der Waals surface area contributed by atoms with Crippen LogP contribution in [-0.4, -0.2) is 32.7 Å². The van der Waals surface area contributed by atoms with Gasteiger partial charge in [0.1, 0.15) is 5.75 Å². The van der Waals surface area contributed by atoms with Crippen LogP contribution in [-0.2, 0) is 24.4 Å². The van der Waals surface area contributed by atoms with Gasteiger partial charge in [0, 0.05) is 28.3 Å². The number of nitrogens with zero attached hydrogens (tertiary/aromatic N) is 3. The van der Waals surface area contributed by atoms with E-state index in [1.807, 2.05) is 56.6 Å². The van der Waals surface area contributed by atoms with Gasteiger partial charge in [-0.1, -0.05) is 12.1 Å². The van der Waals surface area contributed by atoms with Crippen molar-refractivity contribution in [3.63, 3.8) is 0 Å². The second-order valence-electron chi connectivity index (χ2n) is 6.89. The Balaban J connectivity index is 1.49. The lowest BCUT2D eigenvalue weighted by atomic mass is 10.2. The quantitative estimate of drug-likeness (QED) is 0.335. The third-order valence-electron chi connectivity index (χ3n) is 4.86. The van der Waals surface area contributed by atoms with E-state index in [-0.39, 0.29) is 5.91 Å². The molecule has 0 unspecified atom stereocenters. The zero-order chi connectivity index (χ0) is 21.6. The number of rotatable bonds is 9. The molecule has 31 heavy (non-hydrogen) atoms. The van der Waals surface area contributed by atoms with Crippen molar-refractivity contribution < 1.29 is 9.53 Å². The molecule has 1 aromatic carbocycles. The number of carbonyl (C=O) groups is 1. The lowest BCUT2D eigenvalue weighted by Gasteiger charge is -2.22. The Hall–Kier alpha value is -2.75. The Morgan fingerprint density at radius 3 is 2.29 bits per heavy atom. The van der Waals surface area contributed by atoms with Crippen LogP contribution in [0.3, 0.4) is 0 Å². The molecule has 160 valence electrons. The fourth-order valence-corrected chi connectivity index (χ4v) is 4.93. The molecule has 1 N–H and O–H groups in total. The number of amides is 1. The summed E-state index contributed by atoms with van der Waals surface area (Å²) in [6.45, 7) is 1.67. The first-order valence-electron chi connectivity index (χ1n) is 9.76. The zero-order valence-corrected chi connectivity index (χ0v) is 19.4. The average molecular weight is 471 g/mol. The molecule has 0 spiro atoms. The molecule has 0 radical (unpaired) electrons. The number of nitrogens with one attached hydrogen (secondary N) is 1. The van der Waals surface area contributed by atoms with Crippen LogP contribution in [0.4, 0.5) is 0 Å². The molecule has 0 saturated carbocycles. The predicted molar refractivity (Wildman–Crippen MR) is 127 cm³/mol. The summed E-state index contributed by atoms with van der Waals surface area (Å²) in [6.07, 6.45) is 0.341. The van der Waals surface area contributed by atoms with Crippen molar-refractivity contribution in [2.45, 2.75) is 26.1 Å². The Morgan fingerprint density at radius 1 is 1.10 bits per heavy atom. The fourth-order valence-electron chi connectivity index (χ4n) is 3.26. The molecule has 4 aromatic rings. The van der Waals surface area contributed by atoms with E-state index < -0.39 is 0 Å². The van der Waals surface area contributed by atoms with Gasteiger partial charge in [0.2, 0.25) is 5.91 Å². The highest BCUT2D eigenvalue weighted by molar-refractivity contribution is 7.71. The van der Waals surface area contributed by atoms with Gasteiger partial charge in [-0.2, -0.15) is 5.10 Å². The van der Waals surface area contributed by atoms with E-state index in [1.54, 1.807) is 29.8 Å². The number of benzene rings is 1. The highest BCUT2D eigenvalue weighted by atomic mass is 32.1. The Morgan fingerprint density at radius 2 is 1.74 bits per heavy atom. The molecule has 4 rings (SSSR count). The second kappa shape index (κ2) is 10.0. The SMILES string of the molecule is COc1ccc(-c2n[nH]c(=S)n2CCC(=O)N(Cc2cccs2)Cc2cccs2)cc1. The van der Waals surface area contributed by atoms with Gasteiger partial charge in [0.05, 0.1) is 20.2 Å². The maximum Gasteiger partial charge on any atom is 0.225 e.